The van der Waals surface area contributed by atoms with Gasteiger partial charge in [0.1, 0.15) is 5.75 Å². The van der Waals surface area contributed by atoms with Crippen LogP contribution in [0.1, 0.15) is 27.0 Å². The van der Waals surface area contributed by atoms with Gasteiger partial charge in [0.05, 0.1) is 22.7 Å². The topological polar surface area (TPSA) is 93.4 Å². The van der Waals surface area contributed by atoms with Crippen molar-refractivity contribution in [3.63, 3.8) is 0 Å². The molecule has 0 radical (unpaired) electrons. The van der Waals surface area contributed by atoms with E-state index in [1.807, 2.05) is 13.0 Å². The molecule has 11 heteroatoms. The summed E-state index contributed by atoms with van der Waals surface area (Å²) < 4.78 is 46.8. The summed E-state index contributed by atoms with van der Waals surface area (Å²) in [5, 5.41) is 3.33. The number of nitrogen functional groups attached to an aromatic ring is 1. The number of rotatable bonds is 6. The molecular weight excluding hydrogens is 563 g/mol. The first-order valence-electron chi connectivity index (χ1n) is 11.4. The van der Waals surface area contributed by atoms with Crippen molar-refractivity contribution >= 4 is 44.4 Å². The fraction of sp³-hybridized carbons (Fsp3) is 0.222. The Kier molecular flexibility index (Phi) is 7.61. The minimum atomic E-state index is -4.55. The molecule has 1 heterocycles. The maximum Gasteiger partial charge on any atom is 0.416 e. The molecule has 0 fully saturated rings. The number of nitrogens with two attached hydrogens (primary N) is 1. The van der Waals surface area contributed by atoms with Crippen molar-refractivity contribution in [2.75, 3.05) is 32.3 Å². The van der Waals surface area contributed by atoms with E-state index in [-0.39, 0.29) is 23.7 Å². The van der Waals surface area contributed by atoms with Crippen LogP contribution < -0.4 is 15.8 Å². The van der Waals surface area contributed by atoms with Crippen molar-refractivity contribution < 1.29 is 22.7 Å². The Bertz CT molecular complexity index is 1540. The summed E-state index contributed by atoms with van der Waals surface area (Å²) in [5.41, 5.74) is 8.48. The van der Waals surface area contributed by atoms with E-state index < -0.39 is 17.6 Å². The van der Waals surface area contributed by atoms with Gasteiger partial charge in [0, 0.05) is 34.9 Å². The van der Waals surface area contributed by atoms with Crippen LogP contribution in [0.15, 0.2) is 53.1 Å². The molecule has 198 valence electrons. The highest BCUT2D eigenvalue weighted by atomic mass is 79.9. The smallest absolute Gasteiger partial charge is 0.416 e. The van der Waals surface area contributed by atoms with Crippen LogP contribution in [0.2, 0.25) is 0 Å². The molecule has 1 aromatic heterocycles. The molecule has 3 N–H and O–H groups in total. The maximum atomic E-state index is 13.5. The molecule has 1 amide bonds. The quantitative estimate of drug-likeness (QED) is 0.275. The Morgan fingerprint density at radius 3 is 2.53 bits per heavy atom. The first kappa shape index (κ1) is 27.3. The van der Waals surface area contributed by atoms with Crippen molar-refractivity contribution in [3.05, 3.63) is 75.4 Å². The molecule has 0 unspecified atom stereocenters. The van der Waals surface area contributed by atoms with Gasteiger partial charge in [-0.05, 0) is 90.0 Å². The lowest BCUT2D eigenvalue weighted by molar-refractivity contribution is -0.137. The lowest BCUT2D eigenvalue weighted by atomic mass is 9.96. The Labute approximate surface area is 226 Å². The largest absolute Gasteiger partial charge is 0.495 e. The van der Waals surface area contributed by atoms with Crippen LogP contribution in [-0.2, 0) is 12.7 Å². The third kappa shape index (κ3) is 5.73. The second-order valence-electron chi connectivity index (χ2n) is 9.08. The summed E-state index contributed by atoms with van der Waals surface area (Å²) in [5.74, 6) is 0.0601. The predicted molar refractivity (Wildman–Crippen MR) is 145 cm³/mol. The highest BCUT2D eigenvalue weighted by molar-refractivity contribution is 9.10. The summed E-state index contributed by atoms with van der Waals surface area (Å²) in [4.78, 5) is 23.3. The average molecular weight is 588 g/mol. The molecule has 0 aliphatic heterocycles. The number of amides is 1. The SMILES string of the molecule is COc1c(-c2cc(C(=O)Nc3cc(CN(C)C)cc(C(F)(F)F)c3)ccc2C)cc2cnc(N)nc2c1Br. The van der Waals surface area contributed by atoms with Crippen LogP contribution >= 0.6 is 15.9 Å². The van der Waals surface area contributed by atoms with Crippen molar-refractivity contribution in [2.45, 2.75) is 19.6 Å². The number of carbonyl (C=O) groups excluding carboxylic acids is 1. The molecule has 0 aliphatic rings. The van der Waals surface area contributed by atoms with Gasteiger partial charge in [-0.15, -0.1) is 0 Å². The number of hydrogen-bond donors (Lipinski definition) is 2. The van der Waals surface area contributed by atoms with E-state index >= 15 is 0 Å². The monoisotopic (exact) mass is 587 g/mol. The number of carbonyl (C=O) groups is 1. The molecule has 0 spiro atoms. The third-order valence-corrected chi connectivity index (χ3v) is 6.59. The van der Waals surface area contributed by atoms with Crippen molar-refractivity contribution in [1.29, 1.82) is 0 Å². The van der Waals surface area contributed by atoms with E-state index in [4.69, 9.17) is 10.5 Å². The molecule has 0 aliphatic carbocycles. The summed E-state index contributed by atoms with van der Waals surface area (Å²) >= 11 is 3.54. The minimum Gasteiger partial charge on any atom is -0.495 e. The lowest BCUT2D eigenvalue weighted by Crippen LogP contribution is -2.16. The van der Waals surface area contributed by atoms with Gasteiger partial charge in [0.15, 0.2) is 0 Å². The summed E-state index contributed by atoms with van der Waals surface area (Å²) in [6.07, 6.45) is -2.95. The van der Waals surface area contributed by atoms with Crippen molar-refractivity contribution in [3.8, 4) is 16.9 Å². The summed E-state index contributed by atoms with van der Waals surface area (Å²) in [6, 6.07) is 10.5. The third-order valence-electron chi connectivity index (χ3n) is 5.86. The molecule has 7 nitrogen and oxygen atoms in total. The van der Waals surface area contributed by atoms with Crippen LogP contribution in [0.4, 0.5) is 24.8 Å². The van der Waals surface area contributed by atoms with Gasteiger partial charge in [0.25, 0.3) is 5.91 Å². The zero-order chi connectivity index (χ0) is 27.8. The lowest BCUT2D eigenvalue weighted by Gasteiger charge is -2.17. The number of benzene rings is 3. The van der Waals surface area contributed by atoms with Crippen molar-refractivity contribution in [1.82, 2.24) is 14.9 Å². The second-order valence-corrected chi connectivity index (χ2v) is 9.87. The minimum absolute atomic E-state index is 0.0598. The van der Waals surface area contributed by atoms with Gasteiger partial charge in [-0.1, -0.05) is 6.07 Å². The fourth-order valence-electron chi connectivity index (χ4n) is 4.17. The number of halogens is 4. The molecule has 3 aromatic carbocycles. The first-order valence-corrected chi connectivity index (χ1v) is 12.2. The predicted octanol–water partition coefficient (Wildman–Crippen LogP) is 6.29. The second kappa shape index (κ2) is 10.6. The van der Waals surface area contributed by atoms with Crippen LogP contribution in [-0.4, -0.2) is 42.0 Å². The molecule has 4 aromatic rings. The van der Waals surface area contributed by atoms with E-state index in [1.165, 1.54) is 13.2 Å². The van der Waals surface area contributed by atoms with Crippen LogP contribution in [0.25, 0.3) is 22.0 Å². The number of hydrogen-bond acceptors (Lipinski definition) is 6. The Morgan fingerprint density at radius 1 is 1.13 bits per heavy atom. The van der Waals surface area contributed by atoms with Gasteiger partial charge in [-0.25, -0.2) is 9.97 Å². The number of aryl methyl sites for hydroxylation is 1. The Morgan fingerprint density at radius 2 is 1.87 bits per heavy atom. The van der Waals surface area contributed by atoms with Gasteiger partial charge in [-0.2, -0.15) is 13.2 Å². The van der Waals surface area contributed by atoms with Crippen LogP contribution in [0, 0.1) is 6.92 Å². The maximum absolute atomic E-state index is 13.5. The number of anilines is 2. The molecule has 4 rings (SSSR count). The molecular formula is C27H25BrF3N5O2. The molecule has 0 saturated carbocycles. The van der Waals surface area contributed by atoms with Crippen molar-refractivity contribution in [2.24, 2.45) is 0 Å². The first-order chi connectivity index (χ1) is 17.9. The summed E-state index contributed by atoms with van der Waals surface area (Å²) in [6.45, 7) is 2.17. The zero-order valence-electron chi connectivity index (χ0n) is 21.1. The highest BCUT2D eigenvalue weighted by Crippen LogP contribution is 2.42. The number of fused-ring (bicyclic) bond motifs is 1. The molecule has 0 saturated heterocycles. The standard InChI is InChI=1S/C27H25BrF3N5O2/c1-14-5-6-16(25(37)34-19-8-15(13-36(2)3)7-18(11-19)27(29,30)31)9-20(14)21-10-17-12-33-26(32)35-23(17)22(28)24(21)38-4/h5-12H,13H2,1-4H3,(H,34,37)(H2,32,33,35). The molecule has 0 atom stereocenters. The number of methoxy groups -OCH3 is 1. The van der Waals surface area contributed by atoms with E-state index in [2.05, 4.69) is 31.2 Å². The number of ether oxygens (including phenoxy) is 1. The van der Waals surface area contributed by atoms with Gasteiger partial charge < -0.3 is 20.7 Å². The zero-order valence-corrected chi connectivity index (χ0v) is 22.7. The van der Waals surface area contributed by atoms with Gasteiger partial charge in [-0.3, -0.25) is 4.79 Å². The van der Waals surface area contributed by atoms with E-state index in [1.54, 1.807) is 43.4 Å². The average Bonchev–Trinajstić information content (AvgIpc) is 2.83. The fourth-order valence-corrected chi connectivity index (χ4v) is 4.87. The van der Waals surface area contributed by atoms with E-state index in [0.29, 0.717) is 37.8 Å². The Hall–Kier alpha value is -3.70. The number of nitrogens with zero attached hydrogens (tertiary/aromatic N) is 3. The molecule has 0 bridgehead atoms. The number of alkyl halides is 3. The Balaban J connectivity index is 1.75. The van der Waals surface area contributed by atoms with E-state index in [0.717, 1.165) is 17.7 Å². The normalized spacial score (nSPS) is 11.7. The van der Waals surface area contributed by atoms with Gasteiger partial charge in [0.2, 0.25) is 5.95 Å². The van der Waals surface area contributed by atoms with E-state index in [9.17, 15) is 18.0 Å². The van der Waals surface area contributed by atoms with Crippen LogP contribution in [0.3, 0.4) is 0 Å². The summed E-state index contributed by atoms with van der Waals surface area (Å²) in [7, 11) is 5.03. The number of nitrogens with one attached hydrogen (secondary N) is 1. The molecule has 38 heavy (non-hydrogen) atoms. The van der Waals surface area contributed by atoms with Gasteiger partial charge >= 0.3 is 6.18 Å². The highest BCUT2D eigenvalue weighted by Gasteiger charge is 2.31. The van der Waals surface area contributed by atoms with Crippen LogP contribution in [0.5, 0.6) is 5.75 Å². The number of aromatic nitrogens is 2.